The van der Waals surface area contributed by atoms with Crippen LogP contribution in [0.15, 0.2) is 41.7 Å². The van der Waals surface area contributed by atoms with Crippen LogP contribution < -0.4 is 0 Å². The molecule has 0 atom stereocenters. The lowest BCUT2D eigenvalue weighted by Gasteiger charge is -2.14. The van der Waals surface area contributed by atoms with Gasteiger partial charge in [-0.15, -0.1) is 5.10 Å². The zero-order valence-electron chi connectivity index (χ0n) is 9.53. The fourth-order valence-electron chi connectivity index (χ4n) is 1.67. The van der Waals surface area contributed by atoms with Gasteiger partial charge in [-0.3, -0.25) is 0 Å². The van der Waals surface area contributed by atoms with Crippen LogP contribution in [0.4, 0.5) is 0 Å². The molecule has 0 fully saturated rings. The molecule has 2 heterocycles. The van der Waals surface area contributed by atoms with Crippen LogP contribution in [0.3, 0.4) is 0 Å². The predicted octanol–water partition coefficient (Wildman–Crippen LogP) is 3.12. The van der Waals surface area contributed by atoms with Crippen LogP contribution in [-0.2, 0) is 12.3 Å². The Bertz CT molecular complexity index is 567. The molecule has 6 heteroatoms. The van der Waals surface area contributed by atoms with Crippen molar-refractivity contribution in [3.8, 4) is 0 Å². The Balaban J connectivity index is 1.70. The Hall–Kier alpha value is -1.27. The van der Waals surface area contributed by atoms with E-state index in [2.05, 4.69) is 38.4 Å². The summed E-state index contributed by atoms with van der Waals surface area (Å²) in [7, 11) is 0. The van der Waals surface area contributed by atoms with E-state index in [9.17, 15) is 0 Å². The predicted molar refractivity (Wildman–Crippen MR) is 75.8 cm³/mol. The van der Waals surface area contributed by atoms with Gasteiger partial charge >= 0.3 is 0 Å². The Morgan fingerprint density at radius 1 is 1.22 bits per heavy atom. The molecular weight excluding hydrogens is 312 g/mol. The van der Waals surface area contributed by atoms with Gasteiger partial charge in [0.2, 0.25) is 5.16 Å². The summed E-state index contributed by atoms with van der Waals surface area (Å²) in [4.78, 5) is 4.51. The molecule has 0 amide bonds. The monoisotopic (exact) mass is 322 g/mol. The first kappa shape index (κ1) is 11.8. The molecule has 3 rings (SSSR count). The van der Waals surface area contributed by atoms with Gasteiger partial charge in [-0.05, 0) is 5.56 Å². The molecule has 2 aromatic rings. The van der Waals surface area contributed by atoms with Crippen LogP contribution in [0.2, 0.25) is 0 Å². The van der Waals surface area contributed by atoms with E-state index < -0.39 is 0 Å². The molecule has 92 valence electrons. The van der Waals surface area contributed by atoms with E-state index in [0.29, 0.717) is 0 Å². The number of hydrogen-bond donors (Lipinski definition) is 0. The second-order valence-electron chi connectivity index (χ2n) is 3.89. The van der Waals surface area contributed by atoms with Gasteiger partial charge < -0.3 is 3.93 Å². The molecule has 0 N–H and O–H groups in total. The zero-order valence-corrected chi connectivity index (χ0v) is 11.9. The summed E-state index contributed by atoms with van der Waals surface area (Å²) in [6.45, 7) is 0.732. The van der Waals surface area contributed by atoms with E-state index >= 15 is 0 Å². The van der Waals surface area contributed by atoms with Gasteiger partial charge in [-0.2, -0.15) is 0 Å². The molecule has 0 spiro atoms. The van der Waals surface area contributed by atoms with Gasteiger partial charge in [0.05, 0.1) is 6.54 Å². The molecule has 0 unspecified atom stereocenters. The Kier molecular flexibility index (Phi) is 3.38. The van der Waals surface area contributed by atoms with Crippen LogP contribution >= 0.6 is 27.9 Å². The molecule has 0 radical (unpaired) electrons. The molecule has 0 bridgehead atoms. The molecule has 0 aliphatic carbocycles. The molecule has 18 heavy (non-hydrogen) atoms. The van der Waals surface area contributed by atoms with Crippen molar-refractivity contribution >= 4 is 34.1 Å². The van der Waals surface area contributed by atoms with E-state index in [1.807, 2.05) is 39.2 Å². The Morgan fingerprint density at radius 3 is 2.89 bits per heavy atom. The molecule has 4 nitrogen and oxygen atoms in total. The van der Waals surface area contributed by atoms with E-state index in [1.54, 1.807) is 11.8 Å². The summed E-state index contributed by atoms with van der Waals surface area (Å²) in [5.41, 5.74) is 1.29. The van der Waals surface area contributed by atoms with Gasteiger partial charge in [0.1, 0.15) is 0 Å². The quantitative estimate of drug-likeness (QED) is 0.642. The number of thioether (sulfide) groups is 1. The largest absolute Gasteiger partial charge is 0.307 e. The van der Waals surface area contributed by atoms with E-state index in [1.165, 1.54) is 5.56 Å². The summed E-state index contributed by atoms with van der Waals surface area (Å²) in [5, 5.41) is 5.26. The minimum Gasteiger partial charge on any atom is -0.307 e. The highest BCUT2D eigenvalue weighted by Gasteiger charge is 2.14. The normalized spacial score (nSPS) is 13.7. The molecule has 0 saturated carbocycles. The first-order chi connectivity index (χ1) is 8.81. The second kappa shape index (κ2) is 5.16. The number of nitrogens with zero attached hydrogens (tertiary/aromatic N) is 4. The second-order valence-corrected chi connectivity index (χ2v) is 5.74. The SMILES string of the molecule is BrN1C=Cn2nc(SCc3ccccc3)nc2C1. The highest BCUT2D eigenvalue weighted by atomic mass is 79.9. The number of fused-ring (bicyclic) bond motifs is 1. The lowest BCUT2D eigenvalue weighted by atomic mass is 10.2. The maximum atomic E-state index is 4.51. The third-order valence-corrected chi connectivity index (χ3v) is 3.95. The fourth-order valence-corrected chi connectivity index (χ4v) is 2.80. The third kappa shape index (κ3) is 2.59. The van der Waals surface area contributed by atoms with Crippen molar-refractivity contribution < 1.29 is 0 Å². The van der Waals surface area contributed by atoms with Crippen LogP contribution in [0.5, 0.6) is 0 Å². The lowest BCUT2D eigenvalue weighted by Crippen LogP contribution is -2.13. The number of hydrogen-bond acceptors (Lipinski definition) is 4. The molecule has 0 saturated heterocycles. The lowest BCUT2D eigenvalue weighted by molar-refractivity contribution is 0.575. The number of halogens is 1. The number of benzene rings is 1. The average Bonchev–Trinajstić information content (AvgIpc) is 2.79. The number of aromatic nitrogens is 3. The van der Waals surface area contributed by atoms with E-state index in [4.69, 9.17) is 0 Å². The summed E-state index contributed by atoms with van der Waals surface area (Å²) >= 11 is 5.06. The van der Waals surface area contributed by atoms with Gasteiger partial charge in [0.15, 0.2) is 5.82 Å². The van der Waals surface area contributed by atoms with Gasteiger partial charge in [-0.25, -0.2) is 9.67 Å². The van der Waals surface area contributed by atoms with Crippen LogP contribution in [0, 0.1) is 0 Å². The van der Waals surface area contributed by atoms with Crippen molar-refractivity contribution in [2.24, 2.45) is 0 Å². The van der Waals surface area contributed by atoms with Crippen LogP contribution in [-0.4, -0.2) is 18.7 Å². The summed E-state index contributed by atoms with van der Waals surface area (Å²) in [6, 6.07) is 10.4. The molecule has 1 aliphatic rings. The smallest absolute Gasteiger partial charge is 0.209 e. The van der Waals surface area contributed by atoms with Crippen LogP contribution in [0.25, 0.3) is 6.20 Å². The van der Waals surface area contributed by atoms with Crippen molar-refractivity contribution in [3.05, 3.63) is 47.9 Å². The van der Waals surface area contributed by atoms with E-state index in [-0.39, 0.29) is 0 Å². The summed E-state index contributed by atoms with van der Waals surface area (Å²) in [5.74, 6) is 1.84. The topological polar surface area (TPSA) is 34.0 Å². The van der Waals surface area contributed by atoms with Crippen molar-refractivity contribution in [3.63, 3.8) is 0 Å². The Labute approximate surface area is 118 Å². The zero-order chi connectivity index (χ0) is 12.4. The van der Waals surface area contributed by atoms with Crippen molar-refractivity contribution in [1.82, 2.24) is 18.7 Å². The molecule has 1 aromatic heterocycles. The minimum atomic E-state index is 0.732. The summed E-state index contributed by atoms with van der Waals surface area (Å²) in [6.07, 6.45) is 3.82. The molecular formula is C12H11BrN4S. The highest BCUT2D eigenvalue weighted by molar-refractivity contribution is 9.07. The minimum absolute atomic E-state index is 0.732. The first-order valence-electron chi connectivity index (χ1n) is 5.54. The third-order valence-electron chi connectivity index (χ3n) is 2.56. The number of rotatable bonds is 3. The average molecular weight is 323 g/mol. The van der Waals surface area contributed by atoms with E-state index in [0.717, 1.165) is 23.3 Å². The maximum Gasteiger partial charge on any atom is 0.209 e. The van der Waals surface area contributed by atoms with Gasteiger partial charge in [0.25, 0.3) is 0 Å². The molecule has 1 aromatic carbocycles. The standard InChI is InChI=1S/C12H11BrN4S/c13-16-6-7-17-11(8-16)14-12(15-17)18-9-10-4-2-1-3-5-10/h1-7H,8-9H2. The maximum absolute atomic E-state index is 4.51. The van der Waals surface area contributed by atoms with Gasteiger partial charge in [0, 0.05) is 34.3 Å². The summed E-state index contributed by atoms with van der Waals surface area (Å²) < 4.78 is 3.73. The van der Waals surface area contributed by atoms with Gasteiger partial charge in [-0.1, -0.05) is 42.1 Å². The Morgan fingerprint density at radius 2 is 2.06 bits per heavy atom. The van der Waals surface area contributed by atoms with Crippen molar-refractivity contribution in [2.45, 2.75) is 17.5 Å². The van der Waals surface area contributed by atoms with Crippen molar-refractivity contribution in [2.75, 3.05) is 0 Å². The fraction of sp³-hybridized carbons (Fsp3) is 0.167. The highest BCUT2D eigenvalue weighted by Crippen LogP contribution is 2.22. The van der Waals surface area contributed by atoms with Crippen molar-refractivity contribution in [1.29, 1.82) is 0 Å². The molecule has 1 aliphatic heterocycles. The first-order valence-corrected chi connectivity index (χ1v) is 7.23. The van der Waals surface area contributed by atoms with Crippen LogP contribution in [0.1, 0.15) is 11.4 Å².